The molecule has 2 aliphatic carbocycles. The van der Waals surface area contributed by atoms with Gasteiger partial charge in [0.25, 0.3) is 11.8 Å². The number of methoxy groups -OCH3 is 1. The van der Waals surface area contributed by atoms with Crippen LogP contribution in [0.15, 0.2) is 72.9 Å². The highest BCUT2D eigenvalue weighted by atomic mass is 16.5. The fourth-order valence-corrected chi connectivity index (χ4v) is 6.75. The highest BCUT2D eigenvalue weighted by Crippen LogP contribution is 2.55. The molecule has 2 aliphatic heterocycles. The van der Waals surface area contributed by atoms with Crippen LogP contribution in [0.2, 0.25) is 0 Å². The average molecular weight is 530 g/mol. The molecule has 0 bridgehead atoms. The van der Waals surface area contributed by atoms with E-state index in [1.54, 1.807) is 25.4 Å². The van der Waals surface area contributed by atoms with E-state index >= 15 is 0 Å². The molecule has 2 atom stereocenters. The molecule has 2 spiro atoms. The second-order valence-corrected chi connectivity index (χ2v) is 10.1. The van der Waals surface area contributed by atoms with Gasteiger partial charge in [-0.05, 0) is 28.8 Å². The van der Waals surface area contributed by atoms with Crippen LogP contribution in [-0.2, 0) is 20.7 Å². The first kappa shape index (κ1) is 22.5. The van der Waals surface area contributed by atoms with E-state index in [0.717, 1.165) is 16.7 Å². The number of benzene rings is 3. The molecule has 10 heteroatoms. The van der Waals surface area contributed by atoms with Gasteiger partial charge < -0.3 is 15.4 Å². The summed E-state index contributed by atoms with van der Waals surface area (Å²) in [6.07, 6.45) is 1.65. The van der Waals surface area contributed by atoms with E-state index in [0.29, 0.717) is 44.8 Å². The Morgan fingerprint density at radius 3 is 2.02 bits per heavy atom. The van der Waals surface area contributed by atoms with E-state index in [2.05, 4.69) is 26.3 Å². The number of carbonyl (C=O) groups is 4. The summed E-state index contributed by atoms with van der Waals surface area (Å²) in [6, 6.07) is 19.2. The molecule has 4 aromatic rings. The van der Waals surface area contributed by atoms with Crippen molar-refractivity contribution in [3.63, 3.8) is 0 Å². The van der Waals surface area contributed by atoms with Crippen molar-refractivity contribution < 1.29 is 23.9 Å². The number of carbonyl (C=O) groups excluding carboxylic acids is 4. The molecule has 4 N–H and O–H groups in total. The number of aromatic nitrogens is 1. The highest BCUT2D eigenvalue weighted by molar-refractivity contribution is 6.15. The van der Waals surface area contributed by atoms with Gasteiger partial charge in [0.2, 0.25) is 0 Å². The molecule has 2 saturated heterocycles. The maximum absolute atomic E-state index is 13.2. The first-order valence-electron chi connectivity index (χ1n) is 12.6. The molecular weight excluding hydrogens is 510 g/mol. The molecule has 6 amide bonds. The van der Waals surface area contributed by atoms with Crippen molar-refractivity contribution >= 4 is 23.9 Å². The number of hydrogen-bond donors (Lipinski definition) is 4. The van der Waals surface area contributed by atoms with E-state index in [1.807, 2.05) is 54.6 Å². The third-order valence-electron chi connectivity index (χ3n) is 8.31. The SMILES string of the molecule is COc1c(-c2ccc3c(c2)-c2ncccc2C32NC(=O)NC2=O)ccc2c1-c1ccccc1C21NC(=O)NC1=O. The van der Waals surface area contributed by atoms with Crippen LogP contribution >= 0.6 is 0 Å². The van der Waals surface area contributed by atoms with Crippen LogP contribution in [0, 0.1) is 0 Å². The largest absolute Gasteiger partial charge is 0.495 e. The topological polar surface area (TPSA) is 139 Å². The molecular formula is C30H19N5O5. The standard InChI is InChI=1S/C30H19N5O5/c1-40-24-15(9-11-20-22(24)16-5-2-3-6-18(16)29(20)25(36)32-27(38)34-29)14-8-10-19-17(13-14)23-21(7-4-12-31-23)30(19)26(37)33-28(39)35-30/h2-13H,1H3,(H2,32,34,36,38)(H2,33,35,37,39). The minimum Gasteiger partial charge on any atom is -0.495 e. The van der Waals surface area contributed by atoms with Crippen molar-refractivity contribution in [2.24, 2.45) is 0 Å². The predicted molar refractivity (Wildman–Crippen MR) is 142 cm³/mol. The molecule has 0 saturated carbocycles. The number of nitrogens with zero attached hydrogens (tertiary/aromatic N) is 1. The summed E-state index contributed by atoms with van der Waals surface area (Å²) < 4.78 is 6.00. The van der Waals surface area contributed by atoms with E-state index < -0.39 is 35.0 Å². The number of hydrogen-bond acceptors (Lipinski definition) is 6. The van der Waals surface area contributed by atoms with Gasteiger partial charge in [-0.2, -0.15) is 0 Å². The number of rotatable bonds is 2. The van der Waals surface area contributed by atoms with Gasteiger partial charge in [-0.25, -0.2) is 9.59 Å². The van der Waals surface area contributed by atoms with Gasteiger partial charge in [-0.15, -0.1) is 0 Å². The van der Waals surface area contributed by atoms with Crippen molar-refractivity contribution in [2.45, 2.75) is 11.1 Å². The molecule has 2 unspecified atom stereocenters. The maximum Gasteiger partial charge on any atom is 0.322 e. The van der Waals surface area contributed by atoms with Gasteiger partial charge in [0.1, 0.15) is 5.75 Å². The number of urea groups is 2. The third-order valence-corrected chi connectivity index (χ3v) is 8.31. The highest BCUT2D eigenvalue weighted by Gasteiger charge is 2.57. The number of ether oxygens (including phenoxy) is 1. The lowest BCUT2D eigenvalue weighted by Gasteiger charge is -2.24. The molecule has 194 valence electrons. The summed E-state index contributed by atoms with van der Waals surface area (Å²) in [4.78, 5) is 55.4. The summed E-state index contributed by atoms with van der Waals surface area (Å²) in [5.41, 5.74) is 4.17. The Hall–Kier alpha value is -5.51. The summed E-state index contributed by atoms with van der Waals surface area (Å²) in [7, 11) is 1.57. The molecule has 0 radical (unpaired) electrons. The lowest BCUT2D eigenvalue weighted by molar-refractivity contribution is -0.123. The molecule has 2 fully saturated rings. The van der Waals surface area contributed by atoms with E-state index in [9.17, 15) is 19.2 Å². The fraction of sp³-hybridized carbons (Fsp3) is 0.100. The Labute approximate surface area is 226 Å². The van der Waals surface area contributed by atoms with Crippen LogP contribution in [0.25, 0.3) is 33.5 Å². The van der Waals surface area contributed by atoms with Gasteiger partial charge in [-0.1, -0.05) is 54.6 Å². The summed E-state index contributed by atoms with van der Waals surface area (Å²) in [6.45, 7) is 0. The summed E-state index contributed by atoms with van der Waals surface area (Å²) in [5, 5.41) is 10.4. The normalized spacial score (nSPS) is 22.8. The fourth-order valence-electron chi connectivity index (χ4n) is 6.75. The summed E-state index contributed by atoms with van der Waals surface area (Å²) in [5.74, 6) is -0.357. The van der Waals surface area contributed by atoms with Gasteiger partial charge in [-0.3, -0.25) is 25.2 Å². The predicted octanol–water partition coefficient (Wildman–Crippen LogP) is 2.88. The number of amides is 6. The Bertz CT molecular complexity index is 1900. The monoisotopic (exact) mass is 529 g/mol. The molecule has 40 heavy (non-hydrogen) atoms. The van der Waals surface area contributed by atoms with Gasteiger partial charge in [0.15, 0.2) is 11.1 Å². The van der Waals surface area contributed by atoms with Crippen LogP contribution in [0.4, 0.5) is 9.59 Å². The quantitative estimate of drug-likeness (QED) is 0.295. The minimum absolute atomic E-state index is 0.444. The van der Waals surface area contributed by atoms with E-state index in [-0.39, 0.29) is 0 Å². The van der Waals surface area contributed by atoms with Gasteiger partial charge in [0.05, 0.1) is 12.8 Å². The first-order valence-corrected chi connectivity index (χ1v) is 12.6. The zero-order valence-corrected chi connectivity index (χ0v) is 20.9. The zero-order valence-electron chi connectivity index (χ0n) is 20.9. The maximum atomic E-state index is 13.2. The van der Waals surface area contributed by atoms with Crippen LogP contribution in [0.5, 0.6) is 5.75 Å². The smallest absolute Gasteiger partial charge is 0.322 e. The minimum atomic E-state index is -1.35. The third kappa shape index (κ3) is 2.46. The second kappa shape index (κ2) is 7.32. The zero-order chi connectivity index (χ0) is 27.4. The van der Waals surface area contributed by atoms with Crippen LogP contribution in [0.1, 0.15) is 22.3 Å². The van der Waals surface area contributed by atoms with Crippen LogP contribution in [0.3, 0.4) is 0 Å². The van der Waals surface area contributed by atoms with E-state index in [1.165, 1.54) is 0 Å². The number of fused-ring (bicyclic) bond motifs is 10. The van der Waals surface area contributed by atoms with Gasteiger partial charge >= 0.3 is 12.1 Å². The molecule has 10 nitrogen and oxygen atoms in total. The van der Waals surface area contributed by atoms with Crippen molar-refractivity contribution in [2.75, 3.05) is 7.11 Å². The van der Waals surface area contributed by atoms with Crippen molar-refractivity contribution in [1.82, 2.24) is 26.3 Å². The van der Waals surface area contributed by atoms with Crippen molar-refractivity contribution in [3.05, 3.63) is 95.2 Å². The average Bonchev–Trinajstić information content (AvgIpc) is 3.63. The molecule has 4 aliphatic rings. The van der Waals surface area contributed by atoms with Crippen LogP contribution in [-0.4, -0.2) is 36.0 Å². The second-order valence-electron chi connectivity index (χ2n) is 10.1. The Morgan fingerprint density at radius 2 is 1.32 bits per heavy atom. The lowest BCUT2D eigenvalue weighted by Crippen LogP contribution is -2.43. The Balaban J connectivity index is 1.36. The van der Waals surface area contributed by atoms with Crippen molar-refractivity contribution in [1.29, 1.82) is 0 Å². The summed E-state index contributed by atoms with van der Waals surface area (Å²) >= 11 is 0. The molecule has 1 aromatic heterocycles. The van der Waals surface area contributed by atoms with Crippen LogP contribution < -0.4 is 26.0 Å². The van der Waals surface area contributed by atoms with E-state index in [4.69, 9.17) is 4.74 Å². The Kier molecular flexibility index (Phi) is 4.11. The molecule has 3 aromatic carbocycles. The lowest BCUT2D eigenvalue weighted by atomic mass is 9.85. The number of nitrogens with one attached hydrogen (secondary N) is 4. The number of imide groups is 2. The molecule has 8 rings (SSSR count). The Morgan fingerprint density at radius 1 is 0.675 bits per heavy atom. The van der Waals surface area contributed by atoms with Crippen molar-refractivity contribution in [3.8, 4) is 39.3 Å². The number of pyridine rings is 1. The van der Waals surface area contributed by atoms with Gasteiger partial charge in [0, 0.05) is 39.6 Å². The first-order chi connectivity index (χ1) is 19.4. The molecule has 3 heterocycles.